The van der Waals surface area contributed by atoms with Gasteiger partial charge >= 0.3 is 0 Å². The molecule has 2 heterocycles. The Bertz CT molecular complexity index is 444. The van der Waals surface area contributed by atoms with Crippen molar-refractivity contribution in [1.29, 1.82) is 0 Å². The van der Waals surface area contributed by atoms with Gasteiger partial charge in [-0.15, -0.1) is 6.07 Å². The molecule has 1 aromatic heterocycles. The molecule has 83 valence electrons. The zero-order valence-corrected chi connectivity index (χ0v) is 11.7. The molecule has 0 saturated heterocycles. The molecule has 5 nitrogen and oxygen atoms in total. The van der Waals surface area contributed by atoms with Gasteiger partial charge in [0, 0.05) is 32.7 Å². The molecule has 1 aromatic rings. The van der Waals surface area contributed by atoms with E-state index in [1.165, 1.54) is 4.57 Å². The third-order valence-corrected chi connectivity index (χ3v) is 2.27. The summed E-state index contributed by atoms with van der Waals surface area (Å²) in [5.41, 5.74) is 0.484. The number of aliphatic hydroxyl groups is 1. The van der Waals surface area contributed by atoms with E-state index in [-0.39, 0.29) is 45.4 Å². The van der Waals surface area contributed by atoms with E-state index in [0.717, 1.165) is 5.57 Å². The van der Waals surface area contributed by atoms with Crippen LogP contribution in [0, 0.1) is 6.20 Å². The molecule has 0 saturated carbocycles. The van der Waals surface area contributed by atoms with E-state index in [4.69, 9.17) is 9.84 Å². The van der Waals surface area contributed by atoms with Crippen molar-refractivity contribution in [2.24, 2.45) is 0 Å². The van der Waals surface area contributed by atoms with Crippen molar-refractivity contribution < 1.29 is 42.6 Å². The van der Waals surface area contributed by atoms with Gasteiger partial charge in [0.05, 0.1) is 6.61 Å². The molecular weight excluding hydrogens is 285 g/mol. The van der Waals surface area contributed by atoms with Crippen LogP contribution in [0.3, 0.4) is 0 Å². The van der Waals surface area contributed by atoms with Gasteiger partial charge in [0.2, 0.25) is 5.69 Å². The molecule has 0 fully saturated rings. The summed E-state index contributed by atoms with van der Waals surface area (Å²) in [6.07, 6.45) is 5.02. The molecule has 16 heavy (non-hydrogen) atoms. The fourth-order valence-corrected chi connectivity index (χ4v) is 1.57. The number of nitrogens with zero attached hydrogens (tertiary/aromatic N) is 2. The van der Waals surface area contributed by atoms with Crippen LogP contribution < -0.4 is 5.69 Å². The van der Waals surface area contributed by atoms with Gasteiger partial charge in [0.1, 0.15) is 12.3 Å². The minimum absolute atomic E-state index is 0. The predicted molar refractivity (Wildman–Crippen MR) is 52.1 cm³/mol. The van der Waals surface area contributed by atoms with Gasteiger partial charge < -0.3 is 24.2 Å². The van der Waals surface area contributed by atoms with Gasteiger partial charge in [-0.2, -0.15) is 0 Å². The Morgan fingerprint density at radius 3 is 3.00 bits per heavy atom. The molecule has 1 aliphatic rings. The number of aliphatic hydroxyl groups excluding tert-OH is 1. The SMILES string of the molecule is CC1=C[C@@H](CO)O[C@H]1n1cc[c-]nc1=O.[Y]. The van der Waals surface area contributed by atoms with E-state index in [9.17, 15) is 4.79 Å². The second kappa shape index (κ2) is 5.82. The average Bonchev–Trinajstić information content (AvgIpc) is 2.60. The van der Waals surface area contributed by atoms with Crippen LogP contribution in [0.25, 0.3) is 0 Å². The predicted octanol–water partition coefficient (Wildman–Crippen LogP) is -0.123. The maximum absolute atomic E-state index is 11.4. The van der Waals surface area contributed by atoms with Crippen molar-refractivity contribution in [1.82, 2.24) is 9.55 Å². The van der Waals surface area contributed by atoms with Crippen molar-refractivity contribution in [3.8, 4) is 0 Å². The molecule has 2 atom stereocenters. The van der Waals surface area contributed by atoms with Crippen molar-refractivity contribution in [2.75, 3.05) is 6.61 Å². The maximum atomic E-state index is 11.4. The second-order valence-electron chi connectivity index (χ2n) is 3.37. The Kier molecular flexibility index (Phi) is 4.99. The Morgan fingerprint density at radius 2 is 2.44 bits per heavy atom. The molecule has 1 aliphatic heterocycles. The van der Waals surface area contributed by atoms with Crippen molar-refractivity contribution in [3.63, 3.8) is 0 Å². The Hall–Kier alpha value is -0.356. The molecular formula is C10H11N2O3Y-. The van der Waals surface area contributed by atoms with Gasteiger partial charge in [0.25, 0.3) is 0 Å². The van der Waals surface area contributed by atoms with Gasteiger partial charge in [-0.1, -0.05) is 18.5 Å². The van der Waals surface area contributed by atoms with Crippen LogP contribution in [0.5, 0.6) is 0 Å². The van der Waals surface area contributed by atoms with Gasteiger partial charge in [-0.05, 0) is 12.5 Å². The van der Waals surface area contributed by atoms with Crippen molar-refractivity contribution in [2.45, 2.75) is 19.3 Å². The van der Waals surface area contributed by atoms with E-state index in [1.54, 1.807) is 18.3 Å². The monoisotopic (exact) mass is 296 g/mol. The molecule has 0 amide bonds. The van der Waals surface area contributed by atoms with Gasteiger partial charge in [-0.3, -0.25) is 0 Å². The Balaban J connectivity index is 0.00000128. The molecule has 0 aromatic carbocycles. The molecule has 6 heteroatoms. The molecule has 1 radical (unpaired) electrons. The number of ether oxygens (including phenoxy) is 1. The summed E-state index contributed by atoms with van der Waals surface area (Å²) in [7, 11) is 0. The van der Waals surface area contributed by atoms with Gasteiger partial charge in [0.15, 0.2) is 0 Å². The number of aromatic nitrogens is 2. The fraction of sp³-hybridized carbons (Fsp3) is 0.400. The summed E-state index contributed by atoms with van der Waals surface area (Å²) in [4.78, 5) is 14.9. The summed E-state index contributed by atoms with van der Waals surface area (Å²) in [5, 5.41) is 8.94. The third-order valence-electron chi connectivity index (χ3n) is 2.27. The smallest absolute Gasteiger partial charge is 0.232 e. The third kappa shape index (κ3) is 2.66. The molecule has 0 aliphatic carbocycles. The summed E-state index contributed by atoms with van der Waals surface area (Å²) < 4.78 is 6.83. The quantitative estimate of drug-likeness (QED) is 0.610. The van der Waals surface area contributed by atoms with Crippen molar-refractivity contribution >= 4 is 0 Å². The Labute approximate surface area is 118 Å². The number of hydrogen-bond acceptors (Lipinski definition) is 4. The standard InChI is InChI=1S/C10H11N2O3.Y/c1-7-5-8(6-13)15-9(7)12-4-2-3-11-10(12)14;/h2,4-5,8-9,13H,6H2,1H3;/q-1;/t8-,9+;/m0./s1. The molecule has 2 rings (SSSR count). The second-order valence-corrected chi connectivity index (χ2v) is 3.37. The van der Waals surface area contributed by atoms with Crippen LogP contribution in [0.2, 0.25) is 0 Å². The minimum Gasteiger partial charge on any atom is -0.393 e. The number of hydrogen-bond donors (Lipinski definition) is 1. The first-order valence-corrected chi connectivity index (χ1v) is 4.62. The van der Waals surface area contributed by atoms with E-state index >= 15 is 0 Å². The minimum atomic E-state index is -0.461. The van der Waals surface area contributed by atoms with Crippen LogP contribution in [0.15, 0.2) is 28.7 Å². The average molecular weight is 296 g/mol. The topological polar surface area (TPSA) is 64.3 Å². The van der Waals surface area contributed by atoms with Gasteiger partial charge in [-0.25, -0.2) is 0 Å². The first-order chi connectivity index (χ1) is 7.22. The van der Waals surface area contributed by atoms with Crippen LogP contribution in [0.4, 0.5) is 0 Å². The van der Waals surface area contributed by atoms with Crippen molar-refractivity contribution in [3.05, 3.63) is 40.6 Å². The molecule has 0 bridgehead atoms. The summed E-state index contributed by atoms with van der Waals surface area (Å²) in [5.74, 6) is 0. The van der Waals surface area contributed by atoms with E-state index in [1.807, 2.05) is 6.92 Å². The fourth-order valence-electron chi connectivity index (χ4n) is 1.57. The number of rotatable bonds is 2. The van der Waals surface area contributed by atoms with Crippen LogP contribution in [-0.2, 0) is 37.4 Å². The molecule has 0 spiro atoms. The first-order valence-electron chi connectivity index (χ1n) is 4.62. The summed E-state index contributed by atoms with van der Waals surface area (Å²) >= 11 is 0. The first kappa shape index (κ1) is 13.7. The summed E-state index contributed by atoms with van der Waals surface area (Å²) in [6, 6.07) is 1.55. The van der Waals surface area contributed by atoms with E-state index in [0.29, 0.717) is 0 Å². The maximum Gasteiger partial charge on any atom is 0.232 e. The van der Waals surface area contributed by atoms with Crippen LogP contribution >= 0.6 is 0 Å². The van der Waals surface area contributed by atoms with E-state index < -0.39 is 11.9 Å². The normalized spacial score (nSPS) is 23.8. The molecule has 0 unspecified atom stereocenters. The van der Waals surface area contributed by atoms with Crippen LogP contribution in [-0.4, -0.2) is 27.4 Å². The largest absolute Gasteiger partial charge is 0.393 e. The molecule has 1 N–H and O–H groups in total. The zero-order valence-electron chi connectivity index (χ0n) is 8.83. The zero-order chi connectivity index (χ0) is 10.8. The summed E-state index contributed by atoms with van der Waals surface area (Å²) in [6.45, 7) is 1.76. The van der Waals surface area contributed by atoms with Crippen LogP contribution in [0.1, 0.15) is 13.2 Å². The Morgan fingerprint density at radius 1 is 1.69 bits per heavy atom. The van der Waals surface area contributed by atoms with E-state index in [2.05, 4.69) is 11.2 Å².